The van der Waals surface area contributed by atoms with Crippen LogP contribution in [0.5, 0.6) is 0 Å². The van der Waals surface area contributed by atoms with E-state index < -0.39 is 5.89 Å². The summed E-state index contributed by atoms with van der Waals surface area (Å²) in [6.07, 6.45) is 3.73. The first-order valence-electron chi connectivity index (χ1n) is 17.4. The molecule has 0 fully saturated rings. The summed E-state index contributed by atoms with van der Waals surface area (Å²) in [6.45, 7) is 16.7. The molecule has 0 spiro atoms. The molecule has 4 aromatic carbocycles. The normalized spacial score (nSPS) is 12.0. The largest absolute Gasteiger partial charge is 0.501 e. The van der Waals surface area contributed by atoms with Crippen LogP contribution in [0.25, 0.3) is 65.8 Å². The molecule has 0 aliphatic carbocycles. The third kappa shape index (κ3) is 7.19. The van der Waals surface area contributed by atoms with Crippen molar-refractivity contribution in [1.82, 2.24) is 15.0 Å². The Kier molecular flexibility index (Phi) is 10.0. The van der Waals surface area contributed by atoms with Gasteiger partial charge < -0.3 is 14.4 Å². The van der Waals surface area contributed by atoms with Crippen LogP contribution in [-0.2, 0) is 25.5 Å². The van der Waals surface area contributed by atoms with Gasteiger partial charge in [0.05, 0.1) is 20.8 Å². The molecule has 0 saturated heterocycles. The third-order valence-corrected chi connectivity index (χ3v) is 10.5. The van der Waals surface area contributed by atoms with Gasteiger partial charge in [-0.3, -0.25) is 0 Å². The van der Waals surface area contributed by atoms with Gasteiger partial charge in [-0.15, -0.1) is 65.4 Å². The average molecular weight is 865 g/mol. The second-order valence-corrected chi connectivity index (χ2v) is 15.1. The zero-order chi connectivity index (χ0) is 36.1. The fourth-order valence-electron chi connectivity index (χ4n) is 6.34. The maximum atomic E-state index is 8.83. The summed E-state index contributed by atoms with van der Waals surface area (Å²) in [6, 6.07) is 35.0. The Balaban J connectivity index is 0.000000279. The van der Waals surface area contributed by atoms with E-state index >= 15 is 0 Å². The van der Waals surface area contributed by atoms with Gasteiger partial charge in [-0.05, 0) is 83.6 Å². The smallest absolute Gasteiger partial charge is 0.122 e. The van der Waals surface area contributed by atoms with E-state index in [0.717, 1.165) is 76.4 Å². The molecule has 0 aliphatic heterocycles. The van der Waals surface area contributed by atoms with Crippen molar-refractivity contribution < 1.29 is 25.9 Å². The molecule has 0 atom stereocenters. The number of hydrogen-bond donors (Lipinski definition) is 0. The molecule has 0 amide bonds. The Hall–Kier alpha value is -4.48. The van der Waals surface area contributed by atoms with Crippen molar-refractivity contribution in [2.75, 3.05) is 0 Å². The summed E-state index contributed by atoms with van der Waals surface area (Å²) in [7, 11) is 0. The van der Waals surface area contributed by atoms with Crippen molar-refractivity contribution in [3.05, 3.63) is 137 Å². The van der Waals surface area contributed by atoms with Gasteiger partial charge in [0.15, 0.2) is 0 Å². The van der Waals surface area contributed by atoms with Crippen molar-refractivity contribution in [3.8, 4) is 33.6 Å². The number of rotatable bonds is 4. The van der Waals surface area contributed by atoms with Crippen LogP contribution < -0.4 is 0 Å². The molecule has 4 heterocycles. The molecule has 1 radical (unpaired) electrons. The van der Waals surface area contributed by atoms with Gasteiger partial charge in [0.25, 0.3) is 0 Å². The topological polar surface area (TPSA) is 51.8 Å². The molecule has 4 nitrogen and oxygen atoms in total. The van der Waals surface area contributed by atoms with Gasteiger partial charge in [-0.2, -0.15) is 0 Å². The summed E-state index contributed by atoms with van der Waals surface area (Å²) < 4.78 is 16.5. The molecular weight excluding hydrogens is 823 g/mol. The Morgan fingerprint density at radius 2 is 1.59 bits per heavy atom. The van der Waals surface area contributed by atoms with Crippen LogP contribution in [0.2, 0.25) is 0 Å². The molecule has 0 unspecified atom stereocenters. The van der Waals surface area contributed by atoms with Crippen LogP contribution in [0.15, 0.2) is 102 Å². The number of pyridine rings is 2. The second-order valence-electron chi connectivity index (χ2n) is 14.1. The fraction of sp³-hybridized carbons (Fsp3) is 0.222. The molecule has 6 heteroatoms. The molecule has 51 heavy (non-hydrogen) atoms. The van der Waals surface area contributed by atoms with E-state index in [-0.39, 0.29) is 25.5 Å². The summed E-state index contributed by atoms with van der Waals surface area (Å²) >= 11 is 1.74. The van der Waals surface area contributed by atoms with Crippen molar-refractivity contribution >= 4 is 43.5 Å². The predicted molar refractivity (Wildman–Crippen MR) is 210 cm³/mol. The van der Waals surface area contributed by atoms with E-state index in [4.69, 9.17) is 15.8 Å². The number of furan rings is 1. The maximum absolute atomic E-state index is 8.83. The minimum Gasteiger partial charge on any atom is -0.501 e. The number of aromatic nitrogens is 3. The van der Waals surface area contributed by atoms with Gasteiger partial charge >= 0.3 is 0 Å². The summed E-state index contributed by atoms with van der Waals surface area (Å²) in [5.41, 5.74) is 12.9. The van der Waals surface area contributed by atoms with Crippen LogP contribution in [-0.4, -0.2) is 15.0 Å². The number of thiazole rings is 1. The van der Waals surface area contributed by atoms with Gasteiger partial charge in [-0.25, -0.2) is 4.98 Å². The second kappa shape index (κ2) is 14.6. The standard InChI is InChI=1S/C33H31N2OS.C12H10N.Ir/c1-18(2)24-17-34-26(16-23(24)28-19(3)10-8-11-20(28)4)21-12-9-13-22-29-27(36-30(21)22)15-14-25-31(29)37-32(35-25)33(5,6)7;1-10-7-8-12(13-9-10)11-5-3-2-4-6-11;/h8-11,13-18H,1-7H3;2-5,7-9H,1H3;/q2*-1;/i18D;;. The molecule has 8 aromatic rings. The van der Waals surface area contributed by atoms with E-state index in [1.807, 2.05) is 75.6 Å². The van der Waals surface area contributed by atoms with Crippen molar-refractivity contribution in [2.45, 2.75) is 66.7 Å². The van der Waals surface area contributed by atoms with E-state index in [0.29, 0.717) is 0 Å². The molecule has 259 valence electrons. The fourth-order valence-corrected chi connectivity index (χ4v) is 7.51. The molecule has 4 aromatic heterocycles. The maximum Gasteiger partial charge on any atom is 0.122 e. The quantitative estimate of drug-likeness (QED) is 0.165. The SMILES string of the molecule is Cc1ccc(-c2[c-]cccc2)nc1.[2H]C(C)(C)c1cnc(-c2[c-]ccc3c2oc2ccc4nc(C(C)(C)C)sc4c23)cc1-c1c(C)cccc1C.[Ir]. The molecular formula is C45H41IrN3OS-2. The van der Waals surface area contributed by atoms with E-state index in [9.17, 15) is 0 Å². The first-order valence-corrected chi connectivity index (χ1v) is 17.8. The Morgan fingerprint density at radius 3 is 2.25 bits per heavy atom. The van der Waals surface area contributed by atoms with Crippen LogP contribution in [0.1, 0.15) is 69.1 Å². The minimum absolute atomic E-state index is 0. The van der Waals surface area contributed by atoms with Gasteiger partial charge in [0, 0.05) is 44.7 Å². The van der Waals surface area contributed by atoms with Gasteiger partial charge in [0.1, 0.15) is 5.58 Å². The number of fused-ring (bicyclic) bond motifs is 5. The van der Waals surface area contributed by atoms with E-state index in [2.05, 4.69) is 94.2 Å². The molecule has 8 rings (SSSR count). The summed E-state index contributed by atoms with van der Waals surface area (Å²) in [5, 5.41) is 3.26. The van der Waals surface area contributed by atoms with Crippen molar-refractivity contribution in [3.63, 3.8) is 0 Å². The van der Waals surface area contributed by atoms with Gasteiger partial charge in [0.2, 0.25) is 0 Å². The van der Waals surface area contributed by atoms with Crippen molar-refractivity contribution in [2.24, 2.45) is 0 Å². The van der Waals surface area contributed by atoms with Crippen LogP contribution >= 0.6 is 11.3 Å². The number of benzene rings is 4. The average Bonchev–Trinajstić information content (AvgIpc) is 3.71. The Bertz CT molecular complexity index is 2500. The number of hydrogen-bond acceptors (Lipinski definition) is 5. The number of aryl methyl sites for hydroxylation is 3. The third-order valence-electron chi connectivity index (χ3n) is 8.94. The number of nitrogens with zero attached hydrogens (tertiary/aromatic N) is 3. The summed E-state index contributed by atoms with van der Waals surface area (Å²) in [5.74, 6) is -0.798. The first-order chi connectivity index (χ1) is 24.3. The van der Waals surface area contributed by atoms with E-state index in [1.54, 1.807) is 11.3 Å². The van der Waals surface area contributed by atoms with Crippen molar-refractivity contribution in [1.29, 1.82) is 0 Å². The van der Waals surface area contributed by atoms with Crippen LogP contribution in [0.4, 0.5) is 0 Å². The monoisotopic (exact) mass is 865 g/mol. The van der Waals surface area contributed by atoms with Gasteiger partial charge in [-0.1, -0.05) is 82.0 Å². The Labute approximate surface area is 319 Å². The molecule has 0 saturated carbocycles. The molecule has 0 aliphatic rings. The van der Waals surface area contributed by atoms with E-state index in [1.165, 1.54) is 16.7 Å². The zero-order valence-corrected chi connectivity index (χ0v) is 33.4. The first kappa shape index (κ1) is 34.9. The van der Waals surface area contributed by atoms with Crippen LogP contribution in [0.3, 0.4) is 0 Å². The summed E-state index contributed by atoms with van der Waals surface area (Å²) in [4.78, 5) is 14.1. The molecule has 0 N–H and O–H groups in total. The predicted octanol–water partition coefficient (Wildman–Crippen LogP) is 12.6. The zero-order valence-electron chi connectivity index (χ0n) is 31.2. The molecule has 0 bridgehead atoms. The minimum atomic E-state index is -0.798. The van der Waals surface area contributed by atoms with Crippen LogP contribution in [0, 0.1) is 32.9 Å². The Morgan fingerprint density at radius 1 is 0.824 bits per heavy atom.